The van der Waals surface area contributed by atoms with Crippen molar-refractivity contribution < 1.29 is 9.53 Å². The first-order valence-corrected chi connectivity index (χ1v) is 11.2. The van der Waals surface area contributed by atoms with E-state index in [0.29, 0.717) is 0 Å². The Balaban J connectivity index is 1.66. The van der Waals surface area contributed by atoms with Crippen molar-refractivity contribution in [3.05, 3.63) is 37.2 Å². The van der Waals surface area contributed by atoms with Crippen LogP contribution in [0.2, 0.25) is 0 Å². The predicted molar refractivity (Wildman–Crippen MR) is 126 cm³/mol. The number of nitrogens with zero attached hydrogens (tertiary/aromatic N) is 5. The van der Waals surface area contributed by atoms with Gasteiger partial charge in [-0.2, -0.15) is 0 Å². The normalized spacial score (nSPS) is 17.1. The van der Waals surface area contributed by atoms with Crippen LogP contribution in [-0.2, 0) is 4.74 Å². The summed E-state index contributed by atoms with van der Waals surface area (Å²) in [6.45, 7) is 11.5. The third-order valence-electron chi connectivity index (χ3n) is 5.71. The first kappa shape index (κ1) is 22.0. The van der Waals surface area contributed by atoms with Gasteiger partial charge in [0.1, 0.15) is 17.6 Å². The molecule has 4 heterocycles. The highest BCUT2D eigenvalue weighted by Crippen LogP contribution is 2.36. The number of aromatic nitrogens is 4. The van der Waals surface area contributed by atoms with Crippen molar-refractivity contribution in [1.29, 1.82) is 0 Å². The maximum Gasteiger partial charge on any atom is 0.410 e. The van der Waals surface area contributed by atoms with Gasteiger partial charge in [0.2, 0.25) is 0 Å². The smallest absolute Gasteiger partial charge is 0.410 e. The lowest BCUT2D eigenvalue weighted by Gasteiger charge is -2.42. The summed E-state index contributed by atoms with van der Waals surface area (Å²) >= 11 is 0. The number of piperidine rings is 1. The molecule has 0 radical (unpaired) electrons. The molecule has 8 nitrogen and oxygen atoms in total. The SMILES string of the molecule is CC(C)N(C(=O)OC(C)(C)C)[C@H]1CCCN(c2ccnc3[nH]cc(-c4cncnc4)c23)C1. The molecule has 1 aliphatic rings. The molecule has 0 saturated carbocycles. The van der Waals surface area contributed by atoms with E-state index in [1.165, 1.54) is 6.33 Å². The molecule has 3 aromatic rings. The monoisotopic (exact) mass is 436 g/mol. The number of rotatable bonds is 4. The number of ether oxygens (including phenoxy) is 1. The lowest BCUT2D eigenvalue weighted by molar-refractivity contribution is 0.00695. The number of carbonyl (C=O) groups excluding carboxylic acids is 1. The van der Waals surface area contributed by atoms with Crippen molar-refractivity contribution in [2.24, 2.45) is 0 Å². The molecule has 1 amide bonds. The third-order valence-corrected chi connectivity index (χ3v) is 5.71. The molecular formula is C24H32N6O2. The minimum atomic E-state index is -0.520. The van der Waals surface area contributed by atoms with E-state index in [9.17, 15) is 4.79 Å². The topological polar surface area (TPSA) is 87.2 Å². The van der Waals surface area contributed by atoms with E-state index < -0.39 is 5.60 Å². The quantitative estimate of drug-likeness (QED) is 0.641. The second-order valence-electron chi connectivity index (χ2n) is 9.61. The van der Waals surface area contributed by atoms with Crippen molar-refractivity contribution in [3.8, 4) is 11.1 Å². The van der Waals surface area contributed by atoms with Gasteiger partial charge in [-0.15, -0.1) is 0 Å². The summed E-state index contributed by atoms with van der Waals surface area (Å²) in [5.74, 6) is 0. The highest BCUT2D eigenvalue weighted by atomic mass is 16.6. The van der Waals surface area contributed by atoms with E-state index in [2.05, 4.69) is 30.9 Å². The molecule has 8 heteroatoms. The zero-order chi connectivity index (χ0) is 22.9. The van der Waals surface area contributed by atoms with E-state index >= 15 is 0 Å². The van der Waals surface area contributed by atoms with Crippen molar-refractivity contribution >= 4 is 22.8 Å². The van der Waals surface area contributed by atoms with Crippen LogP contribution in [0, 0.1) is 0 Å². The van der Waals surface area contributed by atoms with Gasteiger partial charge in [0.15, 0.2) is 0 Å². The Labute approximate surface area is 189 Å². The number of pyridine rings is 1. The molecule has 0 aliphatic carbocycles. The largest absolute Gasteiger partial charge is 0.444 e. The van der Waals surface area contributed by atoms with Gasteiger partial charge in [0.05, 0.1) is 11.4 Å². The number of carbonyl (C=O) groups is 1. The summed E-state index contributed by atoms with van der Waals surface area (Å²) in [5.41, 5.74) is 3.38. The van der Waals surface area contributed by atoms with Crippen LogP contribution in [0.5, 0.6) is 0 Å². The van der Waals surface area contributed by atoms with E-state index in [1.807, 2.05) is 64.3 Å². The molecule has 4 rings (SSSR count). The number of anilines is 1. The zero-order valence-electron chi connectivity index (χ0n) is 19.5. The predicted octanol–water partition coefficient (Wildman–Crippen LogP) is 4.63. The zero-order valence-corrected chi connectivity index (χ0v) is 19.5. The van der Waals surface area contributed by atoms with Crippen molar-refractivity contribution in [3.63, 3.8) is 0 Å². The Bertz CT molecular complexity index is 1070. The van der Waals surface area contributed by atoms with Gasteiger partial charge in [-0.05, 0) is 53.5 Å². The van der Waals surface area contributed by atoms with Crippen LogP contribution >= 0.6 is 0 Å². The molecule has 1 aliphatic heterocycles. The molecule has 0 bridgehead atoms. The van der Waals surface area contributed by atoms with E-state index in [0.717, 1.165) is 53.8 Å². The molecular weight excluding hydrogens is 404 g/mol. The lowest BCUT2D eigenvalue weighted by atomic mass is 10.0. The summed E-state index contributed by atoms with van der Waals surface area (Å²) in [7, 11) is 0. The molecule has 0 aromatic carbocycles. The number of H-pyrrole nitrogens is 1. The molecule has 1 fully saturated rings. The van der Waals surface area contributed by atoms with Crippen LogP contribution in [0.25, 0.3) is 22.2 Å². The average Bonchev–Trinajstić information content (AvgIpc) is 3.17. The average molecular weight is 437 g/mol. The standard InChI is InChI=1S/C24H32N6O2/c1-16(2)30(23(31)32-24(3,4)5)18-7-6-10-29(14-18)20-8-9-27-22-21(20)19(13-28-22)17-11-25-15-26-12-17/h8-9,11-13,15-16,18H,6-7,10,14H2,1-5H3,(H,27,28)/t18-/m0/s1. The highest BCUT2D eigenvalue weighted by molar-refractivity contribution is 6.02. The van der Waals surface area contributed by atoms with Crippen molar-refractivity contribution in [1.82, 2.24) is 24.8 Å². The molecule has 1 saturated heterocycles. The summed E-state index contributed by atoms with van der Waals surface area (Å²) in [6.07, 6.45) is 10.7. The number of fused-ring (bicyclic) bond motifs is 1. The van der Waals surface area contributed by atoms with Crippen LogP contribution in [0.1, 0.15) is 47.5 Å². The van der Waals surface area contributed by atoms with Crippen LogP contribution in [0.15, 0.2) is 37.2 Å². The van der Waals surface area contributed by atoms with Crippen molar-refractivity contribution in [2.45, 2.75) is 65.1 Å². The molecule has 0 spiro atoms. The number of aromatic amines is 1. The number of hydrogen-bond donors (Lipinski definition) is 1. The highest BCUT2D eigenvalue weighted by Gasteiger charge is 2.34. The summed E-state index contributed by atoms with van der Waals surface area (Å²) in [5, 5.41) is 1.05. The van der Waals surface area contributed by atoms with Gasteiger partial charge >= 0.3 is 6.09 Å². The van der Waals surface area contributed by atoms with Gasteiger partial charge in [0, 0.05) is 60.7 Å². The van der Waals surface area contributed by atoms with Gasteiger partial charge in [-0.1, -0.05) is 0 Å². The second kappa shape index (κ2) is 8.76. The Morgan fingerprint density at radius 2 is 2.03 bits per heavy atom. The van der Waals surface area contributed by atoms with Gasteiger partial charge in [-0.25, -0.2) is 19.7 Å². The molecule has 1 atom stereocenters. The third kappa shape index (κ3) is 4.54. The van der Waals surface area contributed by atoms with E-state index in [4.69, 9.17) is 4.74 Å². The fourth-order valence-corrected chi connectivity index (χ4v) is 4.47. The maximum absolute atomic E-state index is 13.0. The van der Waals surface area contributed by atoms with Crippen LogP contribution in [0.3, 0.4) is 0 Å². The minimum Gasteiger partial charge on any atom is -0.444 e. The number of hydrogen-bond acceptors (Lipinski definition) is 6. The Morgan fingerprint density at radius 1 is 1.28 bits per heavy atom. The van der Waals surface area contributed by atoms with Crippen molar-refractivity contribution in [2.75, 3.05) is 18.0 Å². The molecule has 32 heavy (non-hydrogen) atoms. The lowest BCUT2D eigenvalue weighted by Crippen LogP contribution is -2.54. The first-order valence-electron chi connectivity index (χ1n) is 11.2. The summed E-state index contributed by atoms with van der Waals surface area (Å²) < 4.78 is 5.73. The second-order valence-corrected chi connectivity index (χ2v) is 9.61. The van der Waals surface area contributed by atoms with Gasteiger partial charge in [0.25, 0.3) is 0 Å². The maximum atomic E-state index is 13.0. The summed E-state index contributed by atoms with van der Waals surface area (Å²) in [6, 6.07) is 2.18. The molecule has 170 valence electrons. The Morgan fingerprint density at radius 3 is 2.72 bits per heavy atom. The van der Waals surface area contributed by atoms with Gasteiger partial charge in [-0.3, -0.25) is 0 Å². The van der Waals surface area contributed by atoms with E-state index in [-0.39, 0.29) is 18.2 Å². The number of amides is 1. The summed E-state index contributed by atoms with van der Waals surface area (Å²) in [4.78, 5) is 33.4. The fourth-order valence-electron chi connectivity index (χ4n) is 4.47. The Kier molecular flexibility index (Phi) is 6.04. The van der Waals surface area contributed by atoms with Crippen LogP contribution in [-0.4, -0.2) is 61.7 Å². The minimum absolute atomic E-state index is 0.0524. The molecule has 3 aromatic heterocycles. The Hall–Kier alpha value is -3.16. The van der Waals surface area contributed by atoms with Crippen LogP contribution < -0.4 is 4.90 Å². The van der Waals surface area contributed by atoms with E-state index in [1.54, 1.807) is 0 Å². The number of nitrogens with one attached hydrogen (secondary N) is 1. The first-order chi connectivity index (χ1) is 15.2. The molecule has 1 N–H and O–H groups in total. The van der Waals surface area contributed by atoms with Gasteiger partial charge < -0.3 is 19.5 Å². The fraction of sp³-hybridized carbons (Fsp3) is 0.500. The molecule has 0 unspecified atom stereocenters. The van der Waals surface area contributed by atoms with Crippen LogP contribution in [0.4, 0.5) is 10.5 Å².